The number of anilines is 2. The van der Waals surface area contributed by atoms with Crippen molar-refractivity contribution in [2.75, 3.05) is 36.4 Å². The van der Waals surface area contributed by atoms with Gasteiger partial charge in [0.05, 0.1) is 5.52 Å². The predicted octanol–water partition coefficient (Wildman–Crippen LogP) is 6.03. The van der Waals surface area contributed by atoms with Crippen molar-refractivity contribution in [2.45, 2.75) is 0 Å². The van der Waals surface area contributed by atoms with Crippen LogP contribution >= 0.6 is 11.6 Å². The van der Waals surface area contributed by atoms with Crippen molar-refractivity contribution in [1.82, 2.24) is 9.88 Å². The fourth-order valence-corrected chi connectivity index (χ4v) is 4.14. The van der Waals surface area contributed by atoms with Gasteiger partial charge in [0.25, 0.3) is 0 Å². The molecule has 1 fully saturated rings. The molecule has 1 aliphatic heterocycles. The zero-order valence-electron chi connectivity index (χ0n) is 17.9. The van der Waals surface area contributed by atoms with E-state index in [-0.39, 0.29) is 6.03 Å². The van der Waals surface area contributed by atoms with E-state index in [0.29, 0.717) is 18.1 Å². The molecule has 0 radical (unpaired) electrons. The van der Waals surface area contributed by atoms with E-state index in [1.54, 1.807) is 0 Å². The second-order valence-electron chi connectivity index (χ2n) is 7.84. The quantitative estimate of drug-likeness (QED) is 0.405. The number of piperazine rings is 1. The van der Waals surface area contributed by atoms with Gasteiger partial charge in [-0.15, -0.1) is 0 Å². The average Bonchev–Trinajstić information content (AvgIpc) is 2.85. The summed E-state index contributed by atoms with van der Waals surface area (Å²) in [7, 11) is 0. The summed E-state index contributed by atoms with van der Waals surface area (Å²) in [6.07, 6.45) is 1.82. The maximum Gasteiger partial charge on any atom is 0.321 e. The van der Waals surface area contributed by atoms with Crippen LogP contribution in [0.3, 0.4) is 0 Å². The standard InChI is InChI=1S/C26H23ClN4O2/c27-19-6-11-24-23(18-19)25(12-13-28-24)30-14-16-31(17-15-30)26(32)29-20-7-9-22(10-8-20)33-21-4-2-1-3-5-21/h1-13,18H,14-17H2,(H,29,32). The Hall–Kier alpha value is -3.77. The number of hydrogen-bond acceptors (Lipinski definition) is 4. The molecular weight excluding hydrogens is 436 g/mol. The Morgan fingerprint density at radius 1 is 0.879 bits per heavy atom. The zero-order chi connectivity index (χ0) is 22.6. The van der Waals surface area contributed by atoms with Gasteiger partial charge in [-0.2, -0.15) is 0 Å². The summed E-state index contributed by atoms with van der Waals surface area (Å²) in [4.78, 5) is 21.3. The first-order chi connectivity index (χ1) is 16.2. The van der Waals surface area contributed by atoms with Gasteiger partial charge < -0.3 is 19.9 Å². The first-order valence-corrected chi connectivity index (χ1v) is 11.2. The molecule has 2 heterocycles. The van der Waals surface area contributed by atoms with E-state index in [4.69, 9.17) is 16.3 Å². The SMILES string of the molecule is O=C(Nc1ccc(Oc2ccccc2)cc1)N1CCN(c2ccnc3ccc(Cl)cc23)CC1. The number of ether oxygens (including phenoxy) is 1. The number of carbonyl (C=O) groups excluding carboxylic acids is 1. The van der Waals surface area contributed by atoms with Crippen molar-refractivity contribution < 1.29 is 9.53 Å². The monoisotopic (exact) mass is 458 g/mol. The topological polar surface area (TPSA) is 57.7 Å². The number of hydrogen-bond donors (Lipinski definition) is 1. The Balaban J connectivity index is 1.19. The second kappa shape index (κ2) is 9.38. The number of aromatic nitrogens is 1. The third kappa shape index (κ3) is 4.86. The van der Waals surface area contributed by atoms with E-state index in [1.807, 2.05) is 90.0 Å². The molecule has 166 valence electrons. The summed E-state index contributed by atoms with van der Waals surface area (Å²) in [6, 6.07) is 24.6. The van der Waals surface area contributed by atoms with E-state index < -0.39 is 0 Å². The summed E-state index contributed by atoms with van der Waals surface area (Å²) < 4.78 is 5.81. The summed E-state index contributed by atoms with van der Waals surface area (Å²) in [5.74, 6) is 1.49. The van der Waals surface area contributed by atoms with Crippen molar-refractivity contribution in [2.24, 2.45) is 0 Å². The van der Waals surface area contributed by atoms with E-state index in [0.717, 1.165) is 46.9 Å². The summed E-state index contributed by atoms with van der Waals surface area (Å²) in [5.41, 5.74) is 2.74. The summed E-state index contributed by atoms with van der Waals surface area (Å²) in [5, 5.41) is 4.70. The van der Waals surface area contributed by atoms with Gasteiger partial charge >= 0.3 is 6.03 Å². The highest BCUT2D eigenvalue weighted by Crippen LogP contribution is 2.29. The second-order valence-corrected chi connectivity index (χ2v) is 8.27. The Kier molecular flexibility index (Phi) is 6.00. The number of amides is 2. The van der Waals surface area contributed by atoms with Crippen LogP contribution in [-0.2, 0) is 0 Å². The van der Waals surface area contributed by atoms with Gasteiger partial charge in [-0.1, -0.05) is 29.8 Å². The van der Waals surface area contributed by atoms with Gasteiger partial charge in [0.15, 0.2) is 0 Å². The number of nitrogens with one attached hydrogen (secondary N) is 1. The van der Waals surface area contributed by atoms with Crippen molar-refractivity contribution >= 4 is 39.9 Å². The van der Waals surface area contributed by atoms with E-state index >= 15 is 0 Å². The Morgan fingerprint density at radius 2 is 1.61 bits per heavy atom. The molecule has 1 aliphatic rings. The number of benzene rings is 3. The number of halogens is 1. The molecule has 5 rings (SSSR count). The molecule has 6 nitrogen and oxygen atoms in total. The summed E-state index contributed by atoms with van der Waals surface area (Å²) >= 11 is 6.21. The molecule has 0 unspecified atom stereocenters. The molecule has 2 amide bonds. The lowest BCUT2D eigenvalue weighted by atomic mass is 10.1. The highest BCUT2D eigenvalue weighted by atomic mass is 35.5. The lowest BCUT2D eigenvalue weighted by molar-refractivity contribution is 0.208. The Morgan fingerprint density at radius 3 is 2.36 bits per heavy atom. The van der Waals surface area contributed by atoms with E-state index in [1.165, 1.54) is 0 Å². The van der Waals surface area contributed by atoms with Crippen LogP contribution in [0.1, 0.15) is 0 Å². The maximum atomic E-state index is 12.8. The normalized spacial score (nSPS) is 13.7. The molecule has 1 aromatic heterocycles. The Bertz CT molecular complexity index is 1260. The lowest BCUT2D eigenvalue weighted by Crippen LogP contribution is -2.50. The van der Waals surface area contributed by atoms with Crippen molar-refractivity contribution in [1.29, 1.82) is 0 Å². The number of para-hydroxylation sites is 1. The van der Waals surface area contributed by atoms with Gasteiger partial charge in [-0.3, -0.25) is 4.98 Å². The number of nitrogens with zero attached hydrogens (tertiary/aromatic N) is 3. The first-order valence-electron chi connectivity index (χ1n) is 10.8. The molecule has 7 heteroatoms. The molecule has 33 heavy (non-hydrogen) atoms. The van der Waals surface area contributed by atoms with Crippen LogP contribution in [0.15, 0.2) is 85.1 Å². The van der Waals surface area contributed by atoms with Gasteiger partial charge in [0, 0.05) is 54.2 Å². The van der Waals surface area contributed by atoms with Gasteiger partial charge in [-0.05, 0) is 60.7 Å². The minimum absolute atomic E-state index is 0.103. The molecule has 3 aromatic carbocycles. The largest absolute Gasteiger partial charge is 0.457 e. The zero-order valence-corrected chi connectivity index (χ0v) is 18.7. The molecular formula is C26H23ClN4O2. The minimum Gasteiger partial charge on any atom is -0.457 e. The minimum atomic E-state index is -0.103. The smallest absolute Gasteiger partial charge is 0.321 e. The van der Waals surface area contributed by atoms with Crippen LogP contribution in [0.4, 0.5) is 16.2 Å². The lowest BCUT2D eigenvalue weighted by Gasteiger charge is -2.36. The van der Waals surface area contributed by atoms with Gasteiger partial charge in [0.1, 0.15) is 11.5 Å². The number of pyridine rings is 1. The maximum absolute atomic E-state index is 12.8. The fourth-order valence-electron chi connectivity index (χ4n) is 3.96. The highest BCUT2D eigenvalue weighted by Gasteiger charge is 2.22. The van der Waals surface area contributed by atoms with Gasteiger partial charge in [0.2, 0.25) is 0 Å². The third-order valence-corrected chi connectivity index (χ3v) is 5.91. The van der Waals surface area contributed by atoms with Gasteiger partial charge in [-0.25, -0.2) is 4.79 Å². The molecule has 0 aliphatic carbocycles. The molecule has 0 saturated carbocycles. The highest BCUT2D eigenvalue weighted by molar-refractivity contribution is 6.31. The van der Waals surface area contributed by atoms with Crippen LogP contribution in [0.25, 0.3) is 10.9 Å². The third-order valence-electron chi connectivity index (χ3n) is 5.67. The molecule has 1 saturated heterocycles. The molecule has 1 N–H and O–H groups in total. The average molecular weight is 459 g/mol. The number of fused-ring (bicyclic) bond motifs is 1. The predicted molar refractivity (Wildman–Crippen MR) is 133 cm³/mol. The van der Waals surface area contributed by atoms with E-state index in [2.05, 4.69) is 15.2 Å². The molecule has 0 atom stereocenters. The number of carbonyl (C=O) groups is 1. The van der Waals surface area contributed by atoms with Crippen molar-refractivity contribution in [3.05, 3.63) is 90.1 Å². The van der Waals surface area contributed by atoms with E-state index in [9.17, 15) is 4.79 Å². The van der Waals surface area contributed by atoms with Crippen LogP contribution in [0.5, 0.6) is 11.5 Å². The molecule has 4 aromatic rings. The van der Waals surface area contributed by atoms with Crippen LogP contribution in [0.2, 0.25) is 5.02 Å². The molecule has 0 bridgehead atoms. The first kappa shape index (κ1) is 21.1. The number of rotatable bonds is 4. The van der Waals surface area contributed by atoms with Crippen LogP contribution in [-0.4, -0.2) is 42.1 Å². The summed E-state index contributed by atoms with van der Waals surface area (Å²) in [6.45, 7) is 2.74. The Labute approximate surface area is 197 Å². The number of urea groups is 1. The fraction of sp³-hybridized carbons (Fsp3) is 0.154. The molecule has 0 spiro atoms. The van der Waals surface area contributed by atoms with Crippen LogP contribution < -0.4 is 15.0 Å². The van der Waals surface area contributed by atoms with Crippen LogP contribution in [0, 0.1) is 0 Å². The van der Waals surface area contributed by atoms with Crippen molar-refractivity contribution in [3.8, 4) is 11.5 Å². The van der Waals surface area contributed by atoms with Crippen molar-refractivity contribution in [3.63, 3.8) is 0 Å².